The second kappa shape index (κ2) is 7.28. The molecule has 2 heterocycles. The van der Waals surface area contributed by atoms with Crippen molar-refractivity contribution in [2.24, 2.45) is 11.3 Å². The fourth-order valence-electron chi connectivity index (χ4n) is 5.88. The molecule has 0 bridgehead atoms. The largest absolute Gasteiger partial charge is 0.367 e. The third kappa shape index (κ3) is 3.11. The van der Waals surface area contributed by atoms with E-state index in [4.69, 9.17) is 11.6 Å². The molecular weight excluding hydrogens is 382 g/mol. The van der Waals surface area contributed by atoms with Crippen molar-refractivity contribution in [1.82, 2.24) is 0 Å². The van der Waals surface area contributed by atoms with Gasteiger partial charge in [0, 0.05) is 36.1 Å². The van der Waals surface area contributed by atoms with Crippen molar-refractivity contribution in [2.75, 3.05) is 11.4 Å². The number of nitrogens with zero attached hydrogens (tertiary/aromatic N) is 1. The van der Waals surface area contributed by atoms with Crippen molar-refractivity contribution in [3.05, 3.63) is 64.7 Å². The van der Waals surface area contributed by atoms with Crippen LogP contribution in [-0.4, -0.2) is 24.2 Å². The molecular formula is C25H26ClNO2. The van der Waals surface area contributed by atoms with E-state index in [9.17, 15) is 9.59 Å². The highest BCUT2D eigenvalue weighted by atomic mass is 35.5. The predicted octanol–water partition coefficient (Wildman–Crippen LogP) is 5.03. The number of piperidine rings is 1. The molecule has 1 saturated carbocycles. The minimum atomic E-state index is -0.867. The number of hydrogen-bond donors (Lipinski definition) is 0. The van der Waals surface area contributed by atoms with E-state index in [1.165, 1.54) is 5.56 Å². The molecule has 3 nitrogen and oxygen atoms in total. The first-order valence-corrected chi connectivity index (χ1v) is 11.1. The van der Waals surface area contributed by atoms with E-state index < -0.39 is 5.41 Å². The van der Waals surface area contributed by atoms with Crippen LogP contribution in [0.15, 0.2) is 48.5 Å². The smallest absolute Gasteiger partial charge is 0.148 e. The van der Waals surface area contributed by atoms with Crippen LogP contribution in [0, 0.1) is 11.3 Å². The van der Waals surface area contributed by atoms with Crippen molar-refractivity contribution in [2.45, 2.75) is 51.0 Å². The van der Waals surface area contributed by atoms with Gasteiger partial charge in [0.15, 0.2) is 0 Å². The molecule has 1 aliphatic carbocycles. The molecule has 29 heavy (non-hydrogen) atoms. The molecule has 0 unspecified atom stereocenters. The molecule has 4 heteroatoms. The summed E-state index contributed by atoms with van der Waals surface area (Å²) in [5.74, 6) is 0.799. The van der Waals surface area contributed by atoms with Gasteiger partial charge in [-0.1, -0.05) is 48.0 Å². The summed E-state index contributed by atoms with van der Waals surface area (Å²) in [5, 5.41) is 0.714. The van der Waals surface area contributed by atoms with E-state index in [1.807, 2.05) is 24.3 Å². The molecule has 0 amide bonds. The number of halogens is 1. The van der Waals surface area contributed by atoms with Crippen LogP contribution in [0.25, 0.3) is 0 Å². The highest BCUT2D eigenvalue weighted by Crippen LogP contribution is 2.50. The van der Waals surface area contributed by atoms with Crippen LogP contribution in [-0.2, 0) is 22.4 Å². The zero-order valence-corrected chi connectivity index (χ0v) is 17.3. The lowest BCUT2D eigenvalue weighted by molar-refractivity contribution is -0.146. The molecule has 0 N–H and O–H groups in total. The first kappa shape index (κ1) is 18.9. The zero-order chi connectivity index (χ0) is 20.0. The predicted molar refractivity (Wildman–Crippen MR) is 115 cm³/mol. The van der Waals surface area contributed by atoms with Crippen molar-refractivity contribution in [3.8, 4) is 0 Å². The minimum Gasteiger partial charge on any atom is -0.367 e. The Hall–Kier alpha value is -2.13. The standard InChI is InChI=1S/C25H26ClNO2/c26-20-10-9-19-16-25(23(28)7-4-8-24(25)29)22-14-18(11-12-27(22)21(19)15-20)13-17-5-2-1-3-6-17/h1-3,5-6,9-10,15,18,22H,4,7-8,11-14,16H2/t18-,22+/m1/s1. The maximum absolute atomic E-state index is 13.3. The van der Waals surface area contributed by atoms with E-state index >= 15 is 0 Å². The fraction of sp³-hybridized carbons (Fsp3) is 0.440. The van der Waals surface area contributed by atoms with E-state index in [0.717, 1.165) is 37.1 Å². The van der Waals surface area contributed by atoms with Crippen LogP contribution in [0.2, 0.25) is 5.02 Å². The SMILES string of the molecule is O=C1CCCC(=O)C12Cc1ccc(Cl)cc1N1CC[C@H](Cc3ccccc3)C[C@H]12. The van der Waals surface area contributed by atoms with Crippen molar-refractivity contribution in [3.63, 3.8) is 0 Å². The van der Waals surface area contributed by atoms with Gasteiger partial charge in [0.2, 0.25) is 0 Å². The topological polar surface area (TPSA) is 37.4 Å². The highest BCUT2D eigenvalue weighted by Gasteiger charge is 2.58. The summed E-state index contributed by atoms with van der Waals surface area (Å²) in [6, 6.07) is 16.4. The Balaban J connectivity index is 1.54. The number of carbonyl (C=O) groups excluding carboxylic acids is 2. The molecule has 0 aromatic heterocycles. The molecule has 0 radical (unpaired) electrons. The van der Waals surface area contributed by atoms with Crippen LogP contribution in [0.1, 0.15) is 43.2 Å². The van der Waals surface area contributed by atoms with Crippen molar-refractivity contribution < 1.29 is 9.59 Å². The van der Waals surface area contributed by atoms with Gasteiger partial charge in [0.1, 0.15) is 17.0 Å². The molecule has 5 rings (SSSR count). The summed E-state index contributed by atoms with van der Waals surface area (Å²) in [5.41, 5.74) is 2.68. The van der Waals surface area contributed by atoms with Crippen LogP contribution in [0.4, 0.5) is 5.69 Å². The molecule has 2 fully saturated rings. The van der Waals surface area contributed by atoms with E-state index in [-0.39, 0.29) is 17.6 Å². The molecule has 3 aliphatic rings. The number of hydrogen-bond acceptors (Lipinski definition) is 3. The number of ketones is 2. The quantitative estimate of drug-likeness (QED) is 0.655. The van der Waals surface area contributed by atoms with Gasteiger partial charge in [-0.2, -0.15) is 0 Å². The Morgan fingerprint density at radius 1 is 1.03 bits per heavy atom. The van der Waals surface area contributed by atoms with Gasteiger partial charge in [0.25, 0.3) is 0 Å². The average Bonchev–Trinajstić information content (AvgIpc) is 2.73. The summed E-state index contributed by atoms with van der Waals surface area (Å²) < 4.78 is 0. The molecule has 2 aliphatic heterocycles. The summed E-state index contributed by atoms with van der Waals surface area (Å²) in [6.07, 6.45) is 5.26. The second-order valence-electron chi connectivity index (χ2n) is 8.91. The maximum Gasteiger partial charge on any atom is 0.148 e. The zero-order valence-electron chi connectivity index (χ0n) is 16.6. The number of carbonyl (C=O) groups is 2. The summed E-state index contributed by atoms with van der Waals surface area (Å²) >= 11 is 6.32. The van der Waals surface area contributed by atoms with E-state index in [1.54, 1.807) is 0 Å². The molecule has 2 atom stereocenters. The Kier molecular flexibility index (Phi) is 4.74. The number of Topliss-reactive ketones (excluding diaryl/α,β-unsaturated/α-hetero) is 2. The minimum absolute atomic E-state index is 0.0452. The number of rotatable bonds is 2. The molecule has 1 saturated heterocycles. The summed E-state index contributed by atoms with van der Waals surface area (Å²) in [7, 11) is 0. The Labute approximate surface area is 177 Å². The maximum atomic E-state index is 13.3. The first-order chi connectivity index (χ1) is 14.1. The Bertz CT molecular complexity index is 939. The Morgan fingerprint density at radius 2 is 1.79 bits per heavy atom. The number of fused-ring (bicyclic) bond motifs is 4. The van der Waals surface area contributed by atoms with Crippen LogP contribution >= 0.6 is 11.6 Å². The van der Waals surface area contributed by atoms with Gasteiger partial charge < -0.3 is 4.90 Å². The summed E-state index contributed by atoms with van der Waals surface area (Å²) in [4.78, 5) is 28.9. The summed E-state index contributed by atoms with van der Waals surface area (Å²) in [6.45, 7) is 0.873. The monoisotopic (exact) mass is 407 g/mol. The first-order valence-electron chi connectivity index (χ1n) is 10.7. The average molecular weight is 408 g/mol. The molecule has 1 spiro atoms. The van der Waals surface area contributed by atoms with E-state index in [0.29, 0.717) is 36.6 Å². The van der Waals surface area contributed by atoms with Crippen LogP contribution in [0.5, 0.6) is 0 Å². The lowest BCUT2D eigenvalue weighted by Gasteiger charge is -2.54. The normalized spacial score (nSPS) is 25.6. The lowest BCUT2D eigenvalue weighted by atomic mass is 9.59. The van der Waals surface area contributed by atoms with Gasteiger partial charge in [-0.05, 0) is 61.3 Å². The van der Waals surface area contributed by atoms with Gasteiger partial charge in [-0.25, -0.2) is 0 Å². The number of benzene rings is 2. The molecule has 2 aromatic rings. The third-order valence-electron chi connectivity index (χ3n) is 7.28. The van der Waals surface area contributed by atoms with Crippen LogP contribution in [0.3, 0.4) is 0 Å². The number of anilines is 1. The van der Waals surface area contributed by atoms with Crippen molar-refractivity contribution >= 4 is 28.9 Å². The van der Waals surface area contributed by atoms with Gasteiger partial charge in [-0.15, -0.1) is 0 Å². The van der Waals surface area contributed by atoms with Gasteiger partial charge in [0.05, 0.1) is 0 Å². The highest BCUT2D eigenvalue weighted by molar-refractivity contribution is 6.31. The molecule has 2 aromatic carbocycles. The van der Waals surface area contributed by atoms with Gasteiger partial charge in [-0.3, -0.25) is 9.59 Å². The third-order valence-corrected chi connectivity index (χ3v) is 7.51. The van der Waals surface area contributed by atoms with Gasteiger partial charge >= 0.3 is 0 Å². The van der Waals surface area contributed by atoms with Crippen LogP contribution < -0.4 is 4.90 Å². The fourth-order valence-corrected chi connectivity index (χ4v) is 6.05. The molecule has 150 valence electrons. The lowest BCUT2D eigenvalue weighted by Crippen LogP contribution is -2.64. The van der Waals surface area contributed by atoms with Crippen molar-refractivity contribution in [1.29, 1.82) is 0 Å². The Morgan fingerprint density at radius 3 is 2.55 bits per heavy atom. The second-order valence-corrected chi connectivity index (χ2v) is 9.35. The van der Waals surface area contributed by atoms with E-state index in [2.05, 4.69) is 29.2 Å².